The maximum atomic E-state index is 13.8. The van der Waals surface area contributed by atoms with Crippen molar-refractivity contribution >= 4 is 35.1 Å². The van der Waals surface area contributed by atoms with E-state index in [9.17, 15) is 28.8 Å². The van der Waals surface area contributed by atoms with Crippen LogP contribution in [0, 0.1) is 11.8 Å². The molecular weight excluding hydrogens is 706 g/mol. The lowest BCUT2D eigenvalue weighted by atomic mass is 9.97. The van der Waals surface area contributed by atoms with Crippen molar-refractivity contribution < 1.29 is 43.2 Å². The molecule has 0 radical (unpaired) electrons. The topological polar surface area (TPSA) is 181 Å². The second-order valence-corrected chi connectivity index (χ2v) is 16.2. The lowest BCUT2D eigenvalue weighted by Gasteiger charge is -2.28. The molecule has 4 N–H and O–H groups in total. The number of nitrogens with zero attached hydrogens (tertiary/aromatic N) is 1. The lowest BCUT2D eigenvalue weighted by Crippen LogP contribution is -2.55. The molecule has 2 aromatic rings. The highest BCUT2D eigenvalue weighted by Gasteiger charge is 2.39. The van der Waals surface area contributed by atoms with Gasteiger partial charge in [0.15, 0.2) is 12.5 Å². The molecule has 0 saturated carbocycles. The average molecular weight is 764 g/mol. The third-order valence-corrected chi connectivity index (χ3v) is 8.27. The van der Waals surface area contributed by atoms with E-state index in [1.807, 2.05) is 69.2 Å². The molecule has 1 aliphatic heterocycles. The Morgan fingerprint density at radius 2 is 1.05 bits per heavy atom. The number of benzene rings is 2. The summed E-state index contributed by atoms with van der Waals surface area (Å²) in [6, 6.07) is 13.4. The predicted octanol–water partition coefficient (Wildman–Crippen LogP) is 3.50. The van der Waals surface area contributed by atoms with Gasteiger partial charge in [0.1, 0.15) is 18.1 Å². The smallest absolute Gasteiger partial charge is 0.298 e. The Morgan fingerprint density at radius 1 is 0.655 bits per heavy atom. The number of ketones is 3. The second-order valence-electron chi connectivity index (χ2n) is 16.2. The summed E-state index contributed by atoms with van der Waals surface area (Å²) in [6.07, 6.45) is 0.984. The Balaban J connectivity index is 1.83. The number of hydrogen-bond acceptors (Lipinski definition) is 11. The maximum Gasteiger partial charge on any atom is 0.298 e. The zero-order valence-corrected chi connectivity index (χ0v) is 33.6. The summed E-state index contributed by atoms with van der Waals surface area (Å²) >= 11 is 0. The first-order valence-electron chi connectivity index (χ1n) is 18.5. The van der Waals surface area contributed by atoms with Gasteiger partial charge in [0.05, 0.1) is 23.4 Å². The van der Waals surface area contributed by atoms with Crippen LogP contribution in [0.25, 0.3) is 0 Å². The number of amides is 3. The van der Waals surface area contributed by atoms with E-state index in [2.05, 4.69) is 21.6 Å². The summed E-state index contributed by atoms with van der Waals surface area (Å²) in [4.78, 5) is 94.0. The van der Waals surface area contributed by atoms with Crippen LogP contribution in [0.2, 0.25) is 0 Å². The van der Waals surface area contributed by atoms with Crippen LogP contribution in [0.4, 0.5) is 0 Å². The van der Waals surface area contributed by atoms with Crippen molar-refractivity contribution in [3.05, 3.63) is 83.7 Å². The van der Waals surface area contributed by atoms with Crippen molar-refractivity contribution in [1.82, 2.24) is 26.5 Å². The number of carbonyl (C=O) groups excluding carboxylic acids is 6. The molecule has 1 aliphatic rings. The number of rotatable bonds is 19. The van der Waals surface area contributed by atoms with Crippen LogP contribution in [-0.2, 0) is 56.0 Å². The average Bonchev–Trinajstić information content (AvgIpc) is 3.60. The van der Waals surface area contributed by atoms with Gasteiger partial charge in [-0.15, -0.1) is 0 Å². The van der Waals surface area contributed by atoms with Crippen molar-refractivity contribution in [1.29, 1.82) is 0 Å². The summed E-state index contributed by atoms with van der Waals surface area (Å²) in [6.45, 7) is 17.6. The van der Waals surface area contributed by atoms with Crippen molar-refractivity contribution in [2.24, 2.45) is 11.8 Å². The molecule has 0 aliphatic carbocycles. The minimum absolute atomic E-state index is 0.00132. The monoisotopic (exact) mass is 763 g/mol. The van der Waals surface area contributed by atoms with Crippen molar-refractivity contribution in [3.63, 3.8) is 0 Å². The number of nitrogens with one attached hydrogen (secondary N) is 4. The molecule has 3 rings (SSSR count). The van der Waals surface area contributed by atoms with E-state index in [4.69, 9.17) is 14.4 Å². The van der Waals surface area contributed by atoms with E-state index in [0.29, 0.717) is 11.1 Å². The first-order chi connectivity index (χ1) is 25.7. The fraction of sp³-hybridized carbons (Fsp3) is 0.512. The van der Waals surface area contributed by atoms with Gasteiger partial charge in [0.2, 0.25) is 23.4 Å². The van der Waals surface area contributed by atoms with Gasteiger partial charge in [-0.25, -0.2) is 0 Å². The predicted molar refractivity (Wildman–Crippen MR) is 205 cm³/mol. The number of Topliss-reactive ketones (excluding diaryl/α,β-unsaturated/α-hetero) is 3. The van der Waals surface area contributed by atoms with Crippen LogP contribution in [0.5, 0.6) is 0 Å². The van der Waals surface area contributed by atoms with E-state index in [1.54, 1.807) is 60.7 Å². The zero-order chi connectivity index (χ0) is 41.1. The SMILES string of the molecule is CC(C)[C@H](NOC(C)(C)C)C(=O)N[C@@H](Cc1ccccc1)C(=O)C(=O)C1=CN(C(=O)C(=O)[C@H](Cc2ccccc2)NC(=O)[C@@H](NOC(C)(C)C)C(C)C)CO1. The third kappa shape index (κ3) is 14.1. The van der Waals surface area contributed by atoms with Crippen molar-refractivity contribution in [2.45, 2.75) is 117 Å². The van der Waals surface area contributed by atoms with Gasteiger partial charge in [-0.3, -0.25) is 43.3 Å². The van der Waals surface area contributed by atoms with Crippen LogP contribution in [0.3, 0.4) is 0 Å². The van der Waals surface area contributed by atoms with Gasteiger partial charge in [0, 0.05) is 12.8 Å². The molecule has 300 valence electrons. The van der Waals surface area contributed by atoms with Gasteiger partial charge in [0.25, 0.3) is 11.7 Å². The van der Waals surface area contributed by atoms with Gasteiger partial charge >= 0.3 is 0 Å². The van der Waals surface area contributed by atoms with E-state index < -0.39 is 82.9 Å². The zero-order valence-electron chi connectivity index (χ0n) is 33.6. The normalized spacial score (nSPS) is 15.4. The molecule has 3 amide bonds. The standard InChI is InChI=1S/C41H57N5O9/c1-25(2)32(44-54-40(5,6)7)37(50)42-29(21-27-17-13-11-14-18-27)34(47)36(49)31-23-46(24-53-31)39(52)35(48)30(22-28-19-15-12-16-20-28)43-38(51)33(26(3)4)45-55-41(8,9)10/h11-20,23,25-26,29-30,32-33,44-45H,21-22,24H2,1-10H3,(H,42,50)(H,43,51)/t29-,30-,32-,33-/m0/s1. The molecule has 0 unspecified atom stereocenters. The number of carbonyl (C=O) groups is 6. The molecule has 2 aromatic carbocycles. The lowest BCUT2D eigenvalue weighted by molar-refractivity contribution is -0.147. The minimum Gasteiger partial charge on any atom is -0.467 e. The van der Waals surface area contributed by atoms with E-state index >= 15 is 0 Å². The van der Waals surface area contributed by atoms with E-state index in [0.717, 1.165) is 11.1 Å². The number of hydroxylamine groups is 2. The van der Waals surface area contributed by atoms with Gasteiger partial charge in [-0.1, -0.05) is 88.4 Å². The first kappa shape index (κ1) is 44.6. The molecule has 55 heavy (non-hydrogen) atoms. The summed E-state index contributed by atoms with van der Waals surface area (Å²) in [5.41, 5.74) is 5.73. The van der Waals surface area contributed by atoms with Crippen LogP contribution >= 0.6 is 0 Å². The van der Waals surface area contributed by atoms with Gasteiger partial charge in [-0.2, -0.15) is 11.0 Å². The Hall–Kier alpha value is -4.76. The molecule has 0 bridgehead atoms. The van der Waals surface area contributed by atoms with Crippen LogP contribution in [-0.4, -0.2) is 82.1 Å². The first-order valence-corrected chi connectivity index (χ1v) is 18.5. The number of hydrogen-bond donors (Lipinski definition) is 4. The summed E-state index contributed by atoms with van der Waals surface area (Å²) in [5.74, 6) is -6.18. The highest BCUT2D eigenvalue weighted by molar-refractivity contribution is 6.45. The van der Waals surface area contributed by atoms with Crippen molar-refractivity contribution in [2.75, 3.05) is 6.73 Å². The van der Waals surface area contributed by atoms with E-state index in [1.165, 1.54) is 0 Å². The number of ether oxygens (including phenoxy) is 1. The van der Waals surface area contributed by atoms with Crippen LogP contribution < -0.4 is 21.6 Å². The fourth-order valence-electron chi connectivity index (χ4n) is 5.27. The highest BCUT2D eigenvalue weighted by atomic mass is 16.7. The molecular formula is C41H57N5O9. The third-order valence-electron chi connectivity index (χ3n) is 8.27. The van der Waals surface area contributed by atoms with Crippen LogP contribution in [0.15, 0.2) is 72.6 Å². The Labute approximate surface area is 324 Å². The minimum atomic E-state index is -1.30. The largest absolute Gasteiger partial charge is 0.467 e. The van der Waals surface area contributed by atoms with Crippen LogP contribution in [0.1, 0.15) is 80.4 Å². The quantitative estimate of drug-likeness (QED) is 0.122. The molecule has 0 spiro atoms. The Bertz CT molecular complexity index is 1680. The van der Waals surface area contributed by atoms with Crippen molar-refractivity contribution in [3.8, 4) is 0 Å². The number of allylic oxidation sites excluding steroid dienone is 1. The highest BCUT2D eigenvalue weighted by Crippen LogP contribution is 2.18. The summed E-state index contributed by atoms with van der Waals surface area (Å²) < 4.78 is 5.48. The summed E-state index contributed by atoms with van der Waals surface area (Å²) in [5, 5.41) is 5.42. The summed E-state index contributed by atoms with van der Waals surface area (Å²) in [7, 11) is 0. The maximum absolute atomic E-state index is 13.8. The Morgan fingerprint density at radius 3 is 1.44 bits per heavy atom. The van der Waals surface area contributed by atoms with Gasteiger partial charge in [-0.05, 0) is 64.5 Å². The van der Waals surface area contributed by atoms with Gasteiger partial charge < -0.3 is 15.4 Å². The molecule has 1 heterocycles. The molecule has 14 nitrogen and oxygen atoms in total. The molecule has 0 fully saturated rings. The molecule has 14 heteroatoms. The fourth-order valence-corrected chi connectivity index (χ4v) is 5.27. The Kier molecular flexibility index (Phi) is 16.0. The molecule has 0 aromatic heterocycles. The second kappa shape index (κ2) is 19.7. The molecule has 4 atom stereocenters. The molecule has 0 saturated heterocycles. The van der Waals surface area contributed by atoms with E-state index in [-0.39, 0.29) is 24.7 Å².